The van der Waals surface area contributed by atoms with Crippen molar-refractivity contribution in [3.63, 3.8) is 0 Å². The number of carbonyl (C=O) groups excluding carboxylic acids is 3. The molecule has 1 rings (SSSR count). The number of pyridine rings is 1. The highest BCUT2D eigenvalue weighted by Gasteiger charge is 2.34. The van der Waals surface area contributed by atoms with Crippen LogP contribution in [0, 0.1) is 10.1 Å². The van der Waals surface area contributed by atoms with E-state index < -0.39 is 52.0 Å². The zero-order chi connectivity index (χ0) is 26.1. The Morgan fingerprint density at radius 1 is 1.09 bits per heavy atom. The maximum absolute atomic E-state index is 12.5. The summed E-state index contributed by atoms with van der Waals surface area (Å²) in [5.74, 6) is -3.32. The van der Waals surface area contributed by atoms with Crippen LogP contribution in [0.1, 0.15) is 66.5 Å². The van der Waals surface area contributed by atoms with Gasteiger partial charge in [0.15, 0.2) is 0 Å². The van der Waals surface area contributed by atoms with Gasteiger partial charge < -0.3 is 18.9 Å². The number of ether oxygens (including phenoxy) is 4. The third-order valence-corrected chi connectivity index (χ3v) is 4.18. The molecule has 0 unspecified atom stereocenters. The van der Waals surface area contributed by atoms with Gasteiger partial charge in [-0.2, -0.15) is 0 Å². The number of hydrogen-bond donors (Lipinski definition) is 0. The Hall–Kier alpha value is -3.02. The maximum Gasteiger partial charge on any atom is 0.317 e. The molecule has 1 atom stereocenters. The van der Waals surface area contributed by atoms with E-state index in [-0.39, 0.29) is 31.0 Å². The lowest BCUT2D eigenvalue weighted by Crippen LogP contribution is -2.42. The molecular weight excluding hydrogens is 447 g/mol. The zero-order valence-electron chi connectivity index (χ0n) is 20.7. The van der Waals surface area contributed by atoms with Crippen LogP contribution in [0.5, 0.6) is 0 Å². The topological polar surface area (TPSA) is 144 Å². The van der Waals surface area contributed by atoms with Gasteiger partial charge in [0.25, 0.3) is 5.69 Å². The summed E-state index contributed by atoms with van der Waals surface area (Å²) in [6.45, 7) is 11.8. The molecule has 0 aromatic carbocycles. The zero-order valence-corrected chi connectivity index (χ0v) is 20.7. The molecule has 0 N–H and O–H groups in total. The van der Waals surface area contributed by atoms with Gasteiger partial charge in [0.1, 0.15) is 18.0 Å². The number of hydrogen-bond acceptors (Lipinski definition) is 10. The Morgan fingerprint density at radius 3 is 2.24 bits per heavy atom. The Kier molecular flexibility index (Phi) is 10.6. The number of nitrogens with zero attached hydrogens (tertiary/aromatic N) is 2. The molecule has 0 fully saturated rings. The summed E-state index contributed by atoms with van der Waals surface area (Å²) in [5, 5.41) is 11.8. The molecule has 0 saturated heterocycles. The predicted octanol–water partition coefficient (Wildman–Crippen LogP) is 2.01. The first kappa shape index (κ1) is 29.0. The van der Waals surface area contributed by atoms with E-state index in [1.54, 1.807) is 48.5 Å². The van der Waals surface area contributed by atoms with E-state index in [0.717, 1.165) is 0 Å². The first-order valence-corrected chi connectivity index (χ1v) is 10.9. The van der Waals surface area contributed by atoms with Gasteiger partial charge in [-0.1, -0.05) is 5.46 Å². The lowest BCUT2D eigenvalue weighted by molar-refractivity contribution is -0.386. The van der Waals surface area contributed by atoms with E-state index in [1.165, 1.54) is 19.5 Å². The first-order chi connectivity index (χ1) is 15.7. The Bertz CT molecular complexity index is 897. The highest BCUT2D eigenvalue weighted by molar-refractivity contribution is 6.56. The molecular formula is C22H32BN2O9. The molecule has 11 nitrogen and oxygen atoms in total. The van der Waals surface area contributed by atoms with Gasteiger partial charge in [-0.05, 0) is 48.5 Å². The molecule has 1 aromatic heterocycles. The number of nitro groups is 1. The Labute approximate surface area is 199 Å². The van der Waals surface area contributed by atoms with Gasteiger partial charge in [-0.15, -0.1) is 0 Å². The summed E-state index contributed by atoms with van der Waals surface area (Å²) in [5.41, 5.74) is -2.02. The van der Waals surface area contributed by atoms with Crippen molar-refractivity contribution in [3.05, 3.63) is 28.1 Å². The maximum atomic E-state index is 12.5. The SMILES string of the molecule is CCOC(=O)CC(=O)OC(C)(C)[B]c1cnc([C@@H](COC(C)(C)C)C(=O)OCC)c([N+](=O)[O-])c1. The van der Waals surface area contributed by atoms with Crippen LogP contribution in [0.2, 0.25) is 0 Å². The number of carbonyl (C=O) groups is 3. The highest BCUT2D eigenvalue weighted by atomic mass is 16.6. The second kappa shape index (κ2) is 12.4. The summed E-state index contributed by atoms with van der Waals surface area (Å²) < 4.78 is 20.8. The largest absolute Gasteiger partial charge is 0.468 e. The van der Waals surface area contributed by atoms with E-state index in [0.29, 0.717) is 0 Å². The van der Waals surface area contributed by atoms with Gasteiger partial charge in [0.05, 0.1) is 35.8 Å². The lowest BCUT2D eigenvalue weighted by Gasteiger charge is -2.25. The summed E-state index contributed by atoms with van der Waals surface area (Å²) in [4.78, 5) is 51.3. The molecule has 0 aliphatic heterocycles. The minimum atomic E-state index is -1.21. The van der Waals surface area contributed by atoms with Crippen molar-refractivity contribution in [1.82, 2.24) is 4.98 Å². The lowest BCUT2D eigenvalue weighted by atomic mass is 9.57. The quantitative estimate of drug-likeness (QED) is 0.109. The van der Waals surface area contributed by atoms with Gasteiger partial charge in [-0.25, -0.2) is 0 Å². The predicted molar refractivity (Wildman–Crippen MR) is 123 cm³/mol. The Morgan fingerprint density at radius 2 is 1.71 bits per heavy atom. The normalized spacial score (nSPS) is 12.4. The van der Waals surface area contributed by atoms with Crippen molar-refractivity contribution < 1.29 is 38.3 Å². The average molecular weight is 479 g/mol. The van der Waals surface area contributed by atoms with Crippen molar-refractivity contribution >= 4 is 36.3 Å². The van der Waals surface area contributed by atoms with Crippen LogP contribution in [0.15, 0.2) is 12.3 Å². The summed E-state index contributed by atoms with van der Waals surface area (Å²) in [7, 11) is 1.45. The first-order valence-electron chi connectivity index (χ1n) is 10.9. The number of rotatable bonds is 12. The molecule has 0 spiro atoms. The van der Waals surface area contributed by atoms with E-state index >= 15 is 0 Å². The van der Waals surface area contributed by atoms with Gasteiger partial charge in [-0.3, -0.25) is 29.5 Å². The van der Waals surface area contributed by atoms with Crippen molar-refractivity contribution in [3.8, 4) is 0 Å². The van der Waals surface area contributed by atoms with Crippen LogP contribution >= 0.6 is 0 Å². The summed E-state index contributed by atoms with van der Waals surface area (Å²) in [6, 6.07) is 1.23. The van der Waals surface area contributed by atoms with Crippen LogP contribution < -0.4 is 5.46 Å². The van der Waals surface area contributed by atoms with Crippen molar-refractivity contribution in [2.24, 2.45) is 0 Å². The van der Waals surface area contributed by atoms with Gasteiger partial charge in [0.2, 0.25) is 7.28 Å². The van der Waals surface area contributed by atoms with Crippen molar-refractivity contribution in [2.75, 3.05) is 19.8 Å². The van der Waals surface area contributed by atoms with Crippen LogP contribution in [-0.2, 0) is 33.3 Å². The molecule has 0 amide bonds. The highest BCUT2D eigenvalue weighted by Crippen LogP contribution is 2.27. The molecule has 0 aliphatic carbocycles. The minimum Gasteiger partial charge on any atom is -0.468 e. The number of aromatic nitrogens is 1. The van der Waals surface area contributed by atoms with E-state index in [2.05, 4.69) is 4.98 Å². The van der Waals surface area contributed by atoms with Gasteiger partial charge >= 0.3 is 17.9 Å². The van der Waals surface area contributed by atoms with E-state index in [9.17, 15) is 24.5 Å². The monoisotopic (exact) mass is 479 g/mol. The molecule has 1 radical (unpaired) electrons. The minimum absolute atomic E-state index is 0.0931. The van der Waals surface area contributed by atoms with Gasteiger partial charge in [0, 0.05) is 12.3 Å². The number of esters is 3. The van der Waals surface area contributed by atoms with Crippen LogP contribution in [0.3, 0.4) is 0 Å². The van der Waals surface area contributed by atoms with Crippen LogP contribution in [0.25, 0.3) is 0 Å². The molecule has 1 aromatic rings. The van der Waals surface area contributed by atoms with Crippen LogP contribution in [0.4, 0.5) is 5.69 Å². The molecule has 0 saturated carbocycles. The second-order valence-corrected chi connectivity index (χ2v) is 8.86. The third kappa shape index (κ3) is 9.86. The summed E-state index contributed by atoms with van der Waals surface area (Å²) >= 11 is 0. The molecule has 187 valence electrons. The fraction of sp³-hybridized carbons (Fsp3) is 0.636. The van der Waals surface area contributed by atoms with E-state index in [1.807, 2.05) is 0 Å². The third-order valence-electron chi connectivity index (χ3n) is 4.18. The summed E-state index contributed by atoms with van der Waals surface area (Å²) in [6.07, 6.45) is 0.768. The van der Waals surface area contributed by atoms with Crippen molar-refractivity contribution in [2.45, 2.75) is 71.9 Å². The van der Waals surface area contributed by atoms with E-state index in [4.69, 9.17) is 18.9 Å². The average Bonchev–Trinajstić information content (AvgIpc) is 2.67. The van der Waals surface area contributed by atoms with Crippen molar-refractivity contribution in [1.29, 1.82) is 0 Å². The standard InChI is InChI=1S/C22H32BN2O9/c1-8-31-17(26)11-18(27)34-22(6,7)23-14-10-16(25(29)30)19(24-12-14)15(20(28)32-9-2)13-33-21(3,4)5/h10,12,15H,8-9,11,13H2,1-7H3/t15-/m1/s1. The molecule has 12 heteroatoms. The molecule has 1 heterocycles. The molecule has 34 heavy (non-hydrogen) atoms. The van der Waals surface area contributed by atoms with Crippen LogP contribution in [-0.4, -0.2) is 66.0 Å². The second-order valence-electron chi connectivity index (χ2n) is 8.86. The fourth-order valence-corrected chi connectivity index (χ4v) is 2.90. The molecule has 0 aliphatic rings. The Balaban J connectivity index is 3.16. The smallest absolute Gasteiger partial charge is 0.317 e. The fourth-order valence-electron chi connectivity index (χ4n) is 2.90. The molecule has 0 bridgehead atoms.